The first-order valence-electron chi connectivity index (χ1n) is 6.63. The van der Waals surface area contributed by atoms with Crippen molar-refractivity contribution in [3.63, 3.8) is 0 Å². The molecule has 0 unspecified atom stereocenters. The Morgan fingerprint density at radius 1 is 1.41 bits per heavy atom. The number of hydrogen-bond donors (Lipinski definition) is 0. The van der Waals surface area contributed by atoms with Crippen molar-refractivity contribution in [1.82, 2.24) is 9.78 Å². The highest BCUT2D eigenvalue weighted by molar-refractivity contribution is 5.96. The molecule has 1 aromatic carbocycles. The third-order valence-electron chi connectivity index (χ3n) is 3.43. The Morgan fingerprint density at radius 2 is 2.14 bits per heavy atom. The predicted molar refractivity (Wildman–Crippen MR) is 80.0 cm³/mol. The van der Waals surface area contributed by atoms with Crippen molar-refractivity contribution in [1.29, 1.82) is 5.26 Å². The second-order valence-electron chi connectivity index (χ2n) is 4.82. The Bertz CT molecular complexity index is 832. The molecule has 22 heavy (non-hydrogen) atoms. The zero-order valence-corrected chi connectivity index (χ0v) is 12.6. The molecule has 0 radical (unpaired) electrons. The summed E-state index contributed by atoms with van der Waals surface area (Å²) in [6.07, 6.45) is 0. The van der Waals surface area contributed by atoms with Crippen molar-refractivity contribution in [2.75, 3.05) is 7.11 Å². The lowest BCUT2D eigenvalue weighted by atomic mass is 10.1. The van der Waals surface area contributed by atoms with E-state index in [0.29, 0.717) is 22.6 Å². The molecule has 0 bridgehead atoms. The van der Waals surface area contributed by atoms with Crippen molar-refractivity contribution in [3.8, 4) is 11.8 Å². The molecule has 0 aliphatic rings. The highest BCUT2D eigenvalue weighted by atomic mass is 16.5. The number of carbonyl (C=O) groups is 1. The predicted octanol–water partition coefficient (Wildman–Crippen LogP) is 1.62. The second kappa shape index (κ2) is 6.22. The van der Waals surface area contributed by atoms with Crippen LogP contribution in [0, 0.1) is 25.2 Å². The van der Waals surface area contributed by atoms with Gasteiger partial charge in [-0.1, -0.05) is 12.1 Å². The molecule has 0 aliphatic carbocycles. The van der Waals surface area contributed by atoms with Crippen LogP contribution in [0.1, 0.15) is 27.2 Å². The van der Waals surface area contributed by atoms with Crippen LogP contribution in [-0.4, -0.2) is 22.7 Å². The molecular weight excluding hydrogens is 282 g/mol. The molecule has 0 aliphatic heterocycles. The molecule has 2 rings (SSSR count). The number of aryl methyl sites for hydroxylation is 1. The fourth-order valence-electron chi connectivity index (χ4n) is 2.03. The van der Waals surface area contributed by atoms with Gasteiger partial charge in [-0.2, -0.15) is 10.4 Å². The lowest BCUT2D eigenvalue weighted by Gasteiger charge is -2.09. The number of benzene rings is 1. The smallest absolute Gasteiger partial charge is 0.285 e. The van der Waals surface area contributed by atoms with E-state index in [1.54, 1.807) is 38.1 Å². The minimum absolute atomic E-state index is 0.0194. The van der Waals surface area contributed by atoms with Gasteiger partial charge in [0.05, 0.1) is 12.8 Å². The standard InChI is InChI=1S/C16H15N3O3/c1-10-11(2)18-19(16(21)14(10)8-17)9-15(20)12-5-4-6-13(7-12)22-3/h4-7H,9H2,1-3H3. The van der Waals surface area contributed by atoms with E-state index in [2.05, 4.69) is 5.10 Å². The Morgan fingerprint density at radius 3 is 2.77 bits per heavy atom. The maximum atomic E-state index is 12.3. The van der Waals surface area contributed by atoms with Gasteiger partial charge in [0.2, 0.25) is 0 Å². The van der Waals surface area contributed by atoms with Gasteiger partial charge in [-0.3, -0.25) is 9.59 Å². The van der Waals surface area contributed by atoms with Crippen LogP contribution < -0.4 is 10.3 Å². The summed E-state index contributed by atoms with van der Waals surface area (Å²) in [5.41, 5.74) is 0.977. The molecule has 2 aromatic rings. The van der Waals surface area contributed by atoms with Crippen LogP contribution in [0.2, 0.25) is 0 Å². The zero-order valence-electron chi connectivity index (χ0n) is 12.6. The summed E-state index contributed by atoms with van der Waals surface area (Å²) < 4.78 is 6.10. The number of ketones is 1. The average Bonchev–Trinajstić information content (AvgIpc) is 2.53. The summed E-state index contributed by atoms with van der Waals surface area (Å²) >= 11 is 0. The molecule has 1 heterocycles. The number of Topliss-reactive ketones (excluding diaryl/α,β-unsaturated/α-hetero) is 1. The molecule has 0 N–H and O–H groups in total. The van der Waals surface area contributed by atoms with Crippen molar-refractivity contribution in [2.45, 2.75) is 20.4 Å². The van der Waals surface area contributed by atoms with Gasteiger partial charge < -0.3 is 4.74 Å². The van der Waals surface area contributed by atoms with Crippen LogP contribution in [0.15, 0.2) is 29.1 Å². The van der Waals surface area contributed by atoms with Gasteiger partial charge in [0.1, 0.15) is 23.9 Å². The van der Waals surface area contributed by atoms with Crippen LogP contribution in [0.25, 0.3) is 0 Å². The average molecular weight is 297 g/mol. The summed E-state index contributed by atoms with van der Waals surface area (Å²) in [5.74, 6) is 0.282. The number of ether oxygens (including phenoxy) is 1. The van der Waals surface area contributed by atoms with E-state index in [4.69, 9.17) is 10.00 Å². The number of hydrogen-bond acceptors (Lipinski definition) is 5. The molecular formula is C16H15N3O3. The molecule has 0 spiro atoms. The van der Waals surface area contributed by atoms with E-state index < -0.39 is 5.56 Å². The van der Waals surface area contributed by atoms with Crippen LogP contribution in [0.3, 0.4) is 0 Å². The van der Waals surface area contributed by atoms with E-state index in [9.17, 15) is 9.59 Å². The molecule has 0 amide bonds. The fraction of sp³-hybridized carbons (Fsp3) is 0.250. The number of nitriles is 1. The number of carbonyl (C=O) groups excluding carboxylic acids is 1. The van der Waals surface area contributed by atoms with Crippen LogP contribution in [0.5, 0.6) is 5.75 Å². The van der Waals surface area contributed by atoms with E-state index in [1.165, 1.54) is 7.11 Å². The van der Waals surface area contributed by atoms with E-state index >= 15 is 0 Å². The fourth-order valence-corrected chi connectivity index (χ4v) is 2.03. The molecule has 6 heteroatoms. The Labute approximate surface area is 127 Å². The normalized spacial score (nSPS) is 10.1. The summed E-state index contributed by atoms with van der Waals surface area (Å²) in [4.78, 5) is 24.5. The maximum absolute atomic E-state index is 12.3. The van der Waals surface area contributed by atoms with Crippen LogP contribution >= 0.6 is 0 Å². The van der Waals surface area contributed by atoms with Gasteiger partial charge in [-0.15, -0.1) is 0 Å². The van der Waals surface area contributed by atoms with Gasteiger partial charge in [-0.05, 0) is 31.5 Å². The molecule has 112 valence electrons. The summed E-state index contributed by atoms with van der Waals surface area (Å²) in [5, 5.41) is 13.2. The zero-order chi connectivity index (χ0) is 16.3. The van der Waals surface area contributed by atoms with E-state index in [-0.39, 0.29) is 17.9 Å². The van der Waals surface area contributed by atoms with Crippen LogP contribution in [-0.2, 0) is 6.54 Å². The van der Waals surface area contributed by atoms with Crippen molar-refractivity contribution < 1.29 is 9.53 Å². The van der Waals surface area contributed by atoms with Gasteiger partial charge in [0, 0.05) is 5.56 Å². The topological polar surface area (TPSA) is 85.0 Å². The van der Waals surface area contributed by atoms with Crippen LogP contribution in [0.4, 0.5) is 0 Å². The van der Waals surface area contributed by atoms with Gasteiger partial charge in [0.25, 0.3) is 5.56 Å². The van der Waals surface area contributed by atoms with Crippen molar-refractivity contribution in [3.05, 3.63) is 57.0 Å². The lowest BCUT2D eigenvalue weighted by molar-refractivity contribution is 0.0965. The Balaban J connectivity index is 2.39. The molecule has 1 aromatic heterocycles. The highest BCUT2D eigenvalue weighted by Gasteiger charge is 2.15. The van der Waals surface area contributed by atoms with E-state index in [1.807, 2.05) is 6.07 Å². The largest absolute Gasteiger partial charge is 0.497 e. The van der Waals surface area contributed by atoms with Gasteiger partial charge in [-0.25, -0.2) is 4.68 Å². The molecule has 0 fully saturated rings. The Hall–Kier alpha value is -2.94. The summed E-state index contributed by atoms with van der Waals surface area (Å²) in [6, 6.07) is 8.53. The molecule has 0 saturated heterocycles. The summed E-state index contributed by atoms with van der Waals surface area (Å²) in [6.45, 7) is 3.14. The van der Waals surface area contributed by atoms with Gasteiger partial charge in [0.15, 0.2) is 5.78 Å². The highest BCUT2D eigenvalue weighted by Crippen LogP contribution is 2.13. The first-order chi connectivity index (χ1) is 10.5. The minimum atomic E-state index is -0.554. The summed E-state index contributed by atoms with van der Waals surface area (Å²) in [7, 11) is 1.51. The second-order valence-corrected chi connectivity index (χ2v) is 4.82. The number of aromatic nitrogens is 2. The third-order valence-corrected chi connectivity index (χ3v) is 3.43. The lowest BCUT2D eigenvalue weighted by Crippen LogP contribution is -2.30. The molecule has 6 nitrogen and oxygen atoms in total. The quantitative estimate of drug-likeness (QED) is 0.801. The monoisotopic (exact) mass is 297 g/mol. The molecule has 0 atom stereocenters. The van der Waals surface area contributed by atoms with Crippen molar-refractivity contribution in [2.24, 2.45) is 0 Å². The minimum Gasteiger partial charge on any atom is -0.497 e. The third kappa shape index (κ3) is 2.88. The Kier molecular flexibility index (Phi) is 4.37. The van der Waals surface area contributed by atoms with E-state index in [0.717, 1.165) is 4.68 Å². The SMILES string of the molecule is COc1cccc(C(=O)Cn2nc(C)c(C)c(C#N)c2=O)c1. The number of methoxy groups -OCH3 is 1. The number of nitrogens with zero attached hydrogens (tertiary/aromatic N) is 3. The molecule has 0 saturated carbocycles. The maximum Gasteiger partial charge on any atom is 0.285 e. The van der Waals surface area contributed by atoms with Crippen molar-refractivity contribution >= 4 is 5.78 Å². The van der Waals surface area contributed by atoms with Gasteiger partial charge >= 0.3 is 0 Å². The first kappa shape index (κ1) is 15.4. The number of rotatable bonds is 4. The first-order valence-corrected chi connectivity index (χ1v) is 6.63.